The molecule has 0 aliphatic carbocycles. The zero-order chi connectivity index (χ0) is 12.4. The number of hydrogen-bond acceptors (Lipinski definition) is 4. The molecule has 2 heterocycles. The molecule has 1 atom stereocenters. The first-order valence-electron chi connectivity index (χ1n) is 5.31. The molecule has 1 amide bonds. The summed E-state index contributed by atoms with van der Waals surface area (Å²) in [5.41, 5.74) is 1.22. The standard InChI is InChI=1S/C11H13NO3S2/c1-6(11(14)15)12-10(13)9-4-7-5-16-3-2-8(7)17-9/h4,6H,2-3,5H2,1H3,(H,12,13)(H,14,15)/t6-/m0/s1. The summed E-state index contributed by atoms with van der Waals surface area (Å²) in [6.45, 7) is 1.46. The molecule has 92 valence electrons. The van der Waals surface area contributed by atoms with Gasteiger partial charge in [0.2, 0.25) is 0 Å². The predicted molar refractivity (Wildman–Crippen MR) is 68.7 cm³/mol. The van der Waals surface area contributed by atoms with Crippen LogP contribution in [0.5, 0.6) is 0 Å². The number of carbonyl (C=O) groups excluding carboxylic acids is 1. The van der Waals surface area contributed by atoms with Crippen LogP contribution in [0.1, 0.15) is 27.0 Å². The summed E-state index contributed by atoms with van der Waals surface area (Å²) in [6, 6.07) is 1.03. The van der Waals surface area contributed by atoms with E-state index in [1.54, 1.807) is 0 Å². The second kappa shape index (κ2) is 5.10. The van der Waals surface area contributed by atoms with Gasteiger partial charge < -0.3 is 10.4 Å². The average Bonchev–Trinajstić information content (AvgIpc) is 2.72. The van der Waals surface area contributed by atoms with Crippen LogP contribution in [0.15, 0.2) is 6.07 Å². The summed E-state index contributed by atoms with van der Waals surface area (Å²) in [6.07, 6.45) is 1.01. The van der Waals surface area contributed by atoms with Crippen molar-refractivity contribution in [2.75, 3.05) is 5.75 Å². The minimum atomic E-state index is -1.02. The second-order valence-corrected chi connectivity index (χ2v) is 6.14. The lowest BCUT2D eigenvalue weighted by atomic mass is 10.2. The van der Waals surface area contributed by atoms with Crippen molar-refractivity contribution >= 4 is 35.0 Å². The monoisotopic (exact) mass is 271 g/mol. The fraction of sp³-hybridized carbons (Fsp3) is 0.455. The zero-order valence-electron chi connectivity index (χ0n) is 9.36. The van der Waals surface area contributed by atoms with Gasteiger partial charge in [0.05, 0.1) is 4.88 Å². The lowest BCUT2D eigenvalue weighted by Gasteiger charge is -2.08. The SMILES string of the molecule is C[C@H](NC(=O)c1cc2c(s1)CCSC2)C(=O)O. The van der Waals surface area contributed by atoms with E-state index >= 15 is 0 Å². The summed E-state index contributed by atoms with van der Waals surface area (Å²) in [4.78, 5) is 24.3. The number of carboxylic acids is 1. The van der Waals surface area contributed by atoms with Gasteiger partial charge in [0.15, 0.2) is 0 Å². The number of amides is 1. The molecular formula is C11H13NO3S2. The van der Waals surface area contributed by atoms with E-state index in [0.29, 0.717) is 4.88 Å². The van der Waals surface area contributed by atoms with Crippen molar-refractivity contribution < 1.29 is 14.7 Å². The minimum absolute atomic E-state index is 0.288. The minimum Gasteiger partial charge on any atom is -0.480 e. The normalized spacial score (nSPS) is 16.1. The van der Waals surface area contributed by atoms with E-state index in [1.807, 2.05) is 17.8 Å². The molecule has 1 aromatic heterocycles. The Labute approximate surface area is 107 Å². The highest BCUT2D eigenvalue weighted by molar-refractivity contribution is 7.98. The van der Waals surface area contributed by atoms with Crippen molar-refractivity contribution in [3.63, 3.8) is 0 Å². The van der Waals surface area contributed by atoms with E-state index in [2.05, 4.69) is 5.32 Å². The number of carboxylic acid groups (broad SMARTS) is 1. The van der Waals surface area contributed by atoms with Crippen LogP contribution in [-0.4, -0.2) is 28.8 Å². The molecule has 0 unspecified atom stereocenters. The molecule has 17 heavy (non-hydrogen) atoms. The van der Waals surface area contributed by atoms with Crippen LogP contribution in [0.3, 0.4) is 0 Å². The third kappa shape index (κ3) is 2.81. The third-order valence-corrected chi connectivity index (χ3v) is 4.81. The number of rotatable bonds is 3. The number of aryl methyl sites for hydroxylation is 1. The van der Waals surface area contributed by atoms with Gasteiger partial charge in [-0.15, -0.1) is 11.3 Å². The molecule has 0 bridgehead atoms. The first-order valence-corrected chi connectivity index (χ1v) is 7.28. The van der Waals surface area contributed by atoms with Crippen LogP contribution in [0.25, 0.3) is 0 Å². The van der Waals surface area contributed by atoms with E-state index < -0.39 is 12.0 Å². The van der Waals surface area contributed by atoms with Gasteiger partial charge in [-0.1, -0.05) is 0 Å². The molecule has 0 aromatic carbocycles. The molecule has 6 heteroatoms. The Balaban J connectivity index is 2.09. The van der Waals surface area contributed by atoms with Gasteiger partial charge in [-0.2, -0.15) is 11.8 Å². The van der Waals surface area contributed by atoms with Gasteiger partial charge in [-0.25, -0.2) is 0 Å². The van der Waals surface area contributed by atoms with Crippen LogP contribution in [0.2, 0.25) is 0 Å². The van der Waals surface area contributed by atoms with Crippen molar-refractivity contribution in [3.05, 3.63) is 21.4 Å². The van der Waals surface area contributed by atoms with Gasteiger partial charge in [0.1, 0.15) is 6.04 Å². The van der Waals surface area contributed by atoms with Crippen molar-refractivity contribution in [3.8, 4) is 0 Å². The van der Waals surface area contributed by atoms with Crippen LogP contribution >= 0.6 is 23.1 Å². The Morgan fingerprint density at radius 3 is 2.94 bits per heavy atom. The van der Waals surface area contributed by atoms with Gasteiger partial charge in [0.25, 0.3) is 5.91 Å². The largest absolute Gasteiger partial charge is 0.480 e. The Kier molecular flexibility index (Phi) is 3.73. The first-order chi connectivity index (χ1) is 8.08. The second-order valence-electron chi connectivity index (χ2n) is 3.90. The molecule has 1 aliphatic heterocycles. The van der Waals surface area contributed by atoms with Crippen molar-refractivity contribution in [2.24, 2.45) is 0 Å². The van der Waals surface area contributed by atoms with Gasteiger partial charge >= 0.3 is 5.97 Å². The lowest BCUT2D eigenvalue weighted by Crippen LogP contribution is -2.37. The van der Waals surface area contributed by atoms with E-state index in [4.69, 9.17) is 5.11 Å². The number of thioether (sulfide) groups is 1. The molecule has 0 saturated carbocycles. The van der Waals surface area contributed by atoms with Crippen LogP contribution < -0.4 is 5.32 Å². The van der Waals surface area contributed by atoms with Crippen LogP contribution in [0.4, 0.5) is 0 Å². The van der Waals surface area contributed by atoms with E-state index in [0.717, 1.165) is 17.9 Å². The molecule has 1 aromatic rings. The Morgan fingerprint density at radius 1 is 1.53 bits per heavy atom. The summed E-state index contributed by atoms with van der Waals surface area (Å²) in [5.74, 6) is 0.743. The first kappa shape index (κ1) is 12.4. The number of hydrogen-bond donors (Lipinski definition) is 2. The predicted octanol–water partition coefficient (Wildman–Crippen LogP) is 1.74. The van der Waals surface area contributed by atoms with Gasteiger partial charge in [0, 0.05) is 10.6 Å². The number of thiophene rings is 1. The number of aliphatic carboxylic acids is 1. The van der Waals surface area contributed by atoms with E-state index in [1.165, 1.54) is 28.7 Å². The lowest BCUT2D eigenvalue weighted by molar-refractivity contribution is -0.138. The Hall–Kier alpha value is -1.01. The number of carbonyl (C=O) groups is 2. The Morgan fingerprint density at radius 2 is 2.29 bits per heavy atom. The highest BCUT2D eigenvalue weighted by Gasteiger charge is 2.20. The maximum Gasteiger partial charge on any atom is 0.325 e. The van der Waals surface area contributed by atoms with Crippen LogP contribution in [-0.2, 0) is 17.0 Å². The van der Waals surface area contributed by atoms with E-state index in [-0.39, 0.29) is 5.91 Å². The molecule has 2 rings (SSSR count). The smallest absolute Gasteiger partial charge is 0.325 e. The molecular weight excluding hydrogens is 258 g/mol. The summed E-state index contributed by atoms with van der Waals surface area (Å²) >= 11 is 3.34. The summed E-state index contributed by atoms with van der Waals surface area (Å²) in [5, 5.41) is 11.2. The van der Waals surface area contributed by atoms with Crippen molar-refractivity contribution in [1.29, 1.82) is 0 Å². The third-order valence-electron chi connectivity index (χ3n) is 2.57. The van der Waals surface area contributed by atoms with Crippen LogP contribution in [0, 0.1) is 0 Å². The number of fused-ring (bicyclic) bond motifs is 1. The molecule has 0 saturated heterocycles. The van der Waals surface area contributed by atoms with Gasteiger partial charge in [-0.05, 0) is 30.7 Å². The summed E-state index contributed by atoms with van der Waals surface area (Å²) < 4.78 is 0. The molecule has 0 spiro atoms. The van der Waals surface area contributed by atoms with Crippen molar-refractivity contribution in [2.45, 2.75) is 25.1 Å². The van der Waals surface area contributed by atoms with Gasteiger partial charge in [-0.3, -0.25) is 9.59 Å². The van der Waals surface area contributed by atoms with Crippen molar-refractivity contribution in [1.82, 2.24) is 5.32 Å². The zero-order valence-corrected chi connectivity index (χ0v) is 11.0. The topological polar surface area (TPSA) is 66.4 Å². The number of nitrogens with one attached hydrogen (secondary N) is 1. The van der Waals surface area contributed by atoms with E-state index in [9.17, 15) is 9.59 Å². The molecule has 1 aliphatic rings. The maximum atomic E-state index is 11.8. The molecule has 0 radical (unpaired) electrons. The molecule has 2 N–H and O–H groups in total. The molecule has 0 fully saturated rings. The fourth-order valence-corrected chi connectivity index (χ4v) is 3.86. The summed E-state index contributed by atoms with van der Waals surface area (Å²) in [7, 11) is 0. The average molecular weight is 271 g/mol. The molecule has 4 nitrogen and oxygen atoms in total. The highest BCUT2D eigenvalue weighted by atomic mass is 32.2. The quantitative estimate of drug-likeness (QED) is 0.879. The highest BCUT2D eigenvalue weighted by Crippen LogP contribution is 2.31. The Bertz CT molecular complexity index is 432. The fourth-order valence-electron chi connectivity index (χ4n) is 1.59. The maximum absolute atomic E-state index is 11.8.